The number of nitrogens with two attached hydrogens (primary N) is 1. The summed E-state index contributed by atoms with van der Waals surface area (Å²) in [5.74, 6) is 0.417. The van der Waals surface area contributed by atoms with Crippen molar-refractivity contribution in [1.82, 2.24) is 9.03 Å². The fourth-order valence-corrected chi connectivity index (χ4v) is 3.12. The number of piperidine rings is 1. The van der Waals surface area contributed by atoms with E-state index in [-0.39, 0.29) is 11.5 Å². The molecule has 1 fully saturated rings. The smallest absolute Gasteiger partial charge is 0.279 e. The predicted octanol–water partition coefficient (Wildman–Crippen LogP) is -0.161. The van der Waals surface area contributed by atoms with Crippen LogP contribution >= 0.6 is 12.2 Å². The van der Waals surface area contributed by atoms with Crippen LogP contribution in [0.4, 0.5) is 0 Å². The Kier molecular flexibility index (Phi) is 4.45. The molecule has 0 saturated carbocycles. The summed E-state index contributed by atoms with van der Waals surface area (Å²) >= 11 is 4.62. The highest BCUT2D eigenvalue weighted by atomic mass is 32.2. The van der Waals surface area contributed by atoms with Crippen LogP contribution in [0.15, 0.2) is 0 Å². The fourth-order valence-electron chi connectivity index (χ4n) is 1.62. The summed E-state index contributed by atoms with van der Waals surface area (Å²) in [5.41, 5.74) is 5.24. The predicted molar refractivity (Wildman–Crippen MR) is 63.7 cm³/mol. The maximum absolute atomic E-state index is 11.7. The second kappa shape index (κ2) is 5.20. The van der Waals surface area contributed by atoms with Gasteiger partial charge in [0, 0.05) is 13.1 Å². The van der Waals surface area contributed by atoms with Gasteiger partial charge in [-0.15, -0.1) is 0 Å². The second-order valence-electron chi connectivity index (χ2n) is 3.90. The van der Waals surface area contributed by atoms with Crippen LogP contribution in [0.25, 0.3) is 0 Å². The molecule has 1 unspecified atom stereocenters. The van der Waals surface area contributed by atoms with Gasteiger partial charge >= 0.3 is 0 Å². The lowest BCUT2D eigenvalue weighted by molar-refractivity contribution is 0.279. The van der Waals surface area contributed by atoms with Gasteiger partial charge in [-0.25, -0.2) is 0 Å². The van der Waals surface area contributed by atoms with Crippen LogP contribution in [0.2, 0.25) is 0 Å². The van der Waals surface area contributed by atoms with E-state index in [0.717, 1.165) is 12.8 Å². The Labute approximate surface area is 96.2 Å². The summed E-state index contributed by atoms with van der Waals surface area (Å²) < 4.78 is 27.3. The van der Waals surface area contributed by atoms with E-state index < -0.39 is 10.2 Å². The molecule has 0 spiro atoms. The third kappa shape index (κ3) is 4.02. The molecule has 0 radical (unpaired) electrons. The first-order chi connectivity index (χ1) is 6.92. The Morgan fingerprint density at radius 1 is 1.67 bits per heavy atom. The standard InChI is InChI=1S/C8H17N3O2S2/c1-7-3-2-4-11(6-7)15(12,13)10-5-8(9)14/h7,10H,2-6H2,1H3,(H2,9,14). The summed E-state index contributed by atoms with van der Waals surface area (Å²) in [6.07, 6.45) is 2.00. The zero-order valence-corrected chi connectivity index (χ0v) is 10.4. The Hall–Kier alpha value is -0.240. The lowest BCUT2D eigenvalue weighted by Crippen LogP contribution is -2.47. The van der Waals surface area contributed by atoms with Crippen LogP contribution in [-0.4, -0.2) is 37.3 Å². The van der Waals surface area contributed by atoms with E-state index in [2.05, 4.69) is 23.9 Å². The molecule has 0 amide bonds. The molecule has 1 heterocycles. The average molecular weight is 251 g/mol. The Balaban J connectivity index is 2.56. The number of thiocarbonyl (C=S) groups is 1. The third-order valence-corrected chi connectivity index (χ3v) is 4.05. The molecule has 7 heteroatoms. The summed E-state index contributed by atoms with van der Waals surface area (Å²) in [6.45, 7) is 3.24. The molecular formula is C8H17N3O2S2. The van der Waals surface area contributed by atoms with E-state index in [4.69, 9.17) is 5.73 Å². The highest BCUT2D eigenvalue weighted by Gasteiger charge is 2.26. The van der Waals surface area contributed by atoms with Crippen molar-refractivity contribution in [2.45, 2.75) is 19.8 Å². The van der Waals surface area contributed by atoms with Crippen molar-refractivity contribution < 1.29 is 8.42 Å². The number of nitrogens with one attached hydrogen (secondary N) is 1. The molecule has 0 aromatic heterocycles. The first-order valence-corrected chi connectivity index (χ1v) is 6.79. The highest BCUT2D eigenvalue weighted by molar-refractivity contribution is 7.87. The Bertz CT molecular complexity index is 329. The Morgan fingerprint density at radius 2 is 2.33 bits per heavy atom. The molecule has 1 atom stereocenters. The molecule has 0 aromatic rings. The van der Waals surface area contributed by atoms with Crippen LogP contribution in [-0.2, 0) is 10.2 Å². The minimum absolute atomic E-state index is 0.0303. The normalized spacial score (nSPS) is 23.9. The van der Waals surface area contributed by atoms with Crippen LogP contribution in [0, 0.1) is 5.92 Å². The molecule has 5 nitrogen and oxygen atoms in total. The molecule has 1 rings (SSSR count). The maximum atomic E-state index is 11.7. The molecule has 1 saturated heterocycles. The van der Waals surface area contributed by atoms with Gasteiger partial charge in [-0.3, -0.25) is 0 Å². The summed E-state index contributed by atoms with van der Waals surface area (Å²) in [6, 6.07) is 0. The minimum atomic E-state index is -3.40. The molecule has 88 valence electrons. The van der Waals surface area contributed by atoms with E-state index in [1.807, 2.05) is 0 Å². The monoisotopic (exact) mass is 251 g/mol. The van der Waals surface area contributed by atoms with Crippen molar-refractivity contribution in [3.63, 3.8) is 0 Å². The molecule has 0 aromatic carbocycles. The summed E-state index contributed by atoms with van der Waals surface area (Å²) in [7, 11) is -3.40. The molecule has 0 bridgehead atoms. The lowest BCUT2D eigenvalue weighted by atomic mass is 10.0. The Morgan fingerprint density at radius 3 is 2.87 bits per heavy atom. The van der Waals surface area contributed by atoms with E-state index in [9.17, 15) is 8.42 Å². The minimum Gasteiger partial charge on any atom is -0.392 e. The number of hydrogen-bond donors (Lipinski definition) is 2. The van der Waals surface area contributed by atoms with E-state index in [1.165, 1.54) is 4.31 Å². The summed E-state index contributed by atoms with van der Waals surface area (Å²) in [4.78, 5) is 0.156. The van der Waals surface area contributed by atoms with Gasteiger partial charge in [-0.05, 0) is 18.8 Å². The third-order valence-electron chi connectivity index (χ3n) is 2.39. The zero-order chi connectivity index (χ0) is 11.5. The van der Waals surface area contributed by atoms with Crippen molar-refractivity contribution in [2.24, 2.45) is 11.7 Å². The lowest BCUT2D eigenvalue weighted by Gasteiger charge is -2.29. The second-order valence-corrected chi connectivity index (χ2v) is 6.18. The van der Waals surface area contributed by atoms with Crippen LogP contribution < -0.4 is 10.5 Å². The molecular weight excluding hydrogens is 234 g/mol. The molecule has 1 aliphatic rings. The highest BCUT2D eigenvalue weighted by Crippen LogP contribution is 2.17. The van der Waals surface area contributed by atoms with Crippen LogP contribution in [0.5, 0.6) is 0 Å². The van der Waals surface area contributed by atoms with Crippen LogP contribution in [0.1, 0.15) is 19.8 Å². The molecule has 1 aliphatic heterocycles. The van der Waals surface area contributed by atoms with Gasteiger partial charge < -0.3 is 5.73 Å². The van der Waals surface area contributed by atoms with Crippen molar-refractivity contribution >= 4 is 27.4 Å². The van der Waals surface area contributed by atoms with Crippen molar-refractivity contribution in [3.05, 3.63) is 0 Å². The van der Waals surface area contributed by atoms with Crippen molar-refractivity contribution in [3.8, 4) is 0 Å². The first kappa shape index (κ1) is 12.8. The number of hydrogen-bond acceptors (Lipinski definition) is 3. The van der Waals surface area contributed by atoms with Gasteiger partial charge in [0.05, 0.1) is 11.5 Å². The van der Waals surface area contributed by atoms with Gasteiger partial charge in [-0.1, -0.05) is 19.1 Å². The van der Waals surface area contributed by atoms with Crippen LogP contribution in [0.3, 0.4) is 0 Å². The quantitative estimate of drug-likeness (QED) is 0.681. The molecule has 0 aliphatic carbocycles. The van der Waals surface area contributed by atoms with Crippen molar-refractivity contribution in [2.75, 3.05) is 19.6 Å². The zero-order valence-electron chi connectivity index (χ0n) is 8.77. The fraction of sp³-hybridized carbons (Fsp3) is 0.875. The maximum Gasteiger partial charge on any atom is 0.279 e. The van der Waals surface area contributed by atoms with E-state index in [1.54, 1.807) is 0 Å². The average Bonchev–Trinajstić information content (AvgIpc) is 2.15. The molecule has 3 N–H and O–H groups in total. The largest absolute Gasteiger partial charge is 0.392 e. The number of nitrogens with zero attached hydrogens (tertiary/aromatic N) is 1. The van der Waals surface area contributed by atoms with Gasteiger partial charge in [0.1, 0.15) is 0 Å². The summed E-state index contributed by atoms with van der Waals surface area (Å²) in [5, 5.41) is 0. The van der Waals surface area contributed by atoms with Gasteiger partial charge in [0.25, 0.3) is 10.2 Å². The first-order valence-electron chi connectivity index (χ1n) is 4.95. The van der Waals surface area contributed by atoms with E-state index in [0.29, 0.717) is 19.0 Å². The SMILES string of the molecule is CC1CCCN(S(=O)(=O)NCC(N)=S)C1. The van der Waals surface area contributed by atoms with E-state index >= 15 is 0 Å². The molecule has 15 heavy (non-hydrogen) atoms. The van der Waals surface area contributed by atoms with Gasteiger partial charge in [-0.2, -0.15) is 17.4 Å². The van der Waals surface area contributed by atoms with Crippen molar-refractivity contribution in [1.29, 1.82) is 0 Å². The van der Waals surface area contributed by atoms with Gasteiger partial charge in [0.15, 0.2) is 0 Å². The van der Waals surface area contributed by atoms with Gasteiger partial charge in [0.2, 0.25) is 0 Å². The topological polar surface area (TPSA) is 75.4 Å². The number of rotatable bonds is 4.